The van der Waals surface area contributed by atoms with E-state index in [0.717, 1.165) is 5.56 Å². The summed E-state index contributed by atoms with van der Waals surface area (Å²) in [5.41, 5.74) is 6.49. The second-order valence-corrected chi connectivity index (χ2v) is 2.90. The van der Waals surface area contributed by atoms with Gasteiger partial charge in [-0.2, -0.15) is 0 Å². The van der Waals surface area contributed by atoms with Gasteiger partial charge in [0.05, 0.1) is 26.9 Å². The Kier molecular flexibility index (Phi) is 3.73. The fourth-order valence-corrected chi connectivity index (χ4v) is 1.19. The smallest absolute Gasteiger partial charge is 0.161 e. The molecule has 3 N–H and O–H groups in total. The Morgan fingerprint density at radius 1 is 1.29 bits per heavy atom. The quantitative estimate of drug-likeness (QED) is 0.745. The molecule has 0 aromatic heterocycles. The van der Waals surface area contributed by atoms with Crippen LogP contribution in [-0.4, -0.2) is 25.9 Å². The average molecular weight is 197 g/mol. The van der Waals surface area contributed by atoms with Crippen molar-refractivity contribution in [3.8, 4) is 11.5 Å². The number of nitrogens with two attached hydrogens (primary N) is 1. The normalized spacial score (nSPS) is 12.3. The third kappa shape index (κ3) is 2.16. The van der Waals surface area contributed by atoms with Gasteiger partial charge in [-0.3, -0.25) is 0 Å². The van der Waals surface area contributed by atoms with Gasteiger partial charge in [0, 0.05) is 0 Å². The van der Waals surface area contributed by atoms with Crippen molar-refractivity contribution in [3.05, 3.63) is 23.8 Å². The fourth-order valence-electron chi connectivity index (χ4n) is 1.19. The van der Waals surface area contributed by atoms with Crippen LogP contribution in [-0.2, 0) is 0 Å². The Morgan fingerprint density at radius 2 is 1.93 bits per heavy atom. The van der Waals surface area contributed by atoms with Crippen molar-refractivity contribution in [2.45, 2.75) is 6.04 Å². The van der Waals surface area contributed by atoms with E-state index in [2.05, 4.69) is 0 Å². The number of ether oxygens (including phenoxy) is 2. The number of rotatable bonds is 4. The van der Waals surface area contributed by atoms with Crippen molar-refractivity contribution >= 4 is 0 Å². The van der Waals surface area contributed by atoms with E-state index in [1.54, 1.807) is 26.4 Å². The van der Waals surface area contributed by atoms with E-state index >= 15 is 0 Å². The van der Waals surface area contributed by atoms with Crippen molar-refractivity contribution in [1.82, 2.24) is 0 Å². The monoisotopic (exact) mass is 197 g/mol. The largest absolute Gasteiger partial charge is 0.493 e. The summed E-state index contributed by atoms with van der Waals surface area (Å²) in [6, 6.07) is 4.96. The topological polar surface area (TPSA) is 64.7 Å². The van der Waals surface area contributed by atoms with Crippen LogP contribution in [0.15, 0.2) is 18.2 Å². The molecule has 1 aromatic carbocycles. The van der Waals surface area contributed by atoms with Crippen molar-refractivity contribution in [3.63, 3.8) is 0 Å². The minimum absolute atomic E-state index is 0.0878. The molecule has 0 aliphatic carbocycles. The van der Waals surface area contributed by atoms with Crippen LogP contribution in [0, 0.1) is 0 Å². The van der Waals surface area contributed by atoms with Gasteiger partial charge in [0.15, 0.2) is 11.5 Å². The van der Waals surface area contributed by atoms with Crippen LogP contribution < -0.4 is 15.2 Å². The number of aliphatic hydroxyl groups excluding tert-OH is 1. The first kappa shape index (κ1) is 10.8. The lowest BCUT2D eigenvalue weighted by molar-refractivity contribution is 0.267. The summed E-state index contributed by atoms with van der Waals surface area (Å²) in [7, 11) is 3.13. The summed E-state index contributed by atoms with van der Waals surface area (Å²) in [6.45, 7) is -0.0878. The number of hydrogen-bond donors (Lipinski definition) is 2. The van der Waals surface area contributed by atoms with Gasteiger partial charge in [0.2, 0.25) is 0 Å². The van der Waals surface area contributed by atoms with Crippen molar-refractivity contribution in [2.75, 3.05) is 20.8 Å². The maximum atomic E-state index is 8.88. The molecular weight excluding hydrogens is 182 g/mol. The second kappa shape index (κ2) is 4.83. The molecule has 0 saturated carbocycles. The van der Waals surface area contributed by atoms with Crippen molar-refractivity contribution < 1.29 is 14.6 Å². The minimum Gasteiger partial charge on any atom is -0.493 e. The molecule has 0 saturated heterocycles. The molecule has 0 amide bonds. The SMILES string of the molecule is COc1ccc([C@@H](N)CO)cc1OC. The highest BCUT2D eigenvalue weighted by atomic mass is 16.5. The third-order valence-corrected chi connectivity index (χ3v) is 2.03. The summed E-state index contributed by atoms with van der Waals surface area (Å²) in [5, 5.41) is 8.88. The van der Waals surface area contributed by atoms with Gasteiger partial charge < -0.3 is 20.3 Å². The van der Waals surface area contributed by atoms with Crippen molar-refractivity contribution in [2.24, 2.45) is 5.73 Å². The molecular formula is C10H15NO3. The van der Waals surface area contributed by atoms with Gasteiger partial charge in [-0.25, -0.2) is 0 Å². The Balaban J connectivity index is 3.01. The third-order valence-electron chi connectivity index (χ3n) is 2.03. The molecule has 0 bridgehead atoms. The second-order valence-electron chi connectivity index (χ2n) is 2.90. The summed E-state index contributed by atoms with van der Waals surface area (Å²) in [5.74, 6) is 1.27. The van der Waals surface area contributed by atoms with Crippen LogP contribution in [0.1, 0.15) is 11.6 Å². The number of methoxy groups -OCH3 is 2. The Labute approximate surface area is 83.3 Å². The molecule has 0 heterocycles. The van der Waals surface area contributed by atoms with E-state index in [1.807, 2.05) is 6.07 Å². The molecule has 78 valence electrons. The van der Waals surface area contributed by atoms with Crippen LogP contribution in [0.5, 0.6) is 11.5 Å². The molecule has 1 atom stereocenters. The summed E-state index contributed by atoms with van der Waals surface area (Å²) < 4.78 is 10.2. The first-order chi connectivity index (χ1) is 6.72. The predicted molar refractivity (Wildman–Crippen MR) is 53.6 cm³/mol. The Hall–Kier alpha value is -1.26. The number of benzene rings is 1. The van der Waals surface area contributed by atoms with Crippen LogP contribution in [0.25, 0.3) is 0 Å². The molecule has 0 spiro atoms. The Morgan fingerprint density at radius 3 is 2.43 bits per heavy atom. The van der Waals surface area contributed by atoms with Crippen LogP contribution >= 0.6 is 0 Å². The van der Waals surface area contributed by atoms with Gasteiger partial charge >= 0.3 is 0 Å². The maximum absolute atomic E-state index is 8.88. The van der Waals surface area contributed by atoms with Crippen molar-refractivity contribution in [1.29, 1.82) is 0 Å². The predicted octanol–water partition coefficient (Wildman–Crippen LogP) is 0.696. The highest BCUT2D eigenvalue weighted by Gasteiger charge is 2.09. The summed E-state index contributed by atoms with van der Waals surface area (Å²) in [6.07, 6.45) is 0. The van der Waals surface area contributed by atoms with E-state index in [4.69, 9.17) is 20.3 Å². The maximum Gasteiger partial charge on any atom is 0.161 e. The Bertz CT molecular complexity index is 301. The van der Waals surface area contributed by atoms with Crippen LogP contribution in [0.3, 0.4) is 0 Å². The zero-order valence-corrected chi connectivity index (χ0v) is 8.36. The highest BCUT2D eigenvalue weighted by molar-refractivity contribution is 5.43. The summed E-state index contributed by atoms with van der Waals surface area (Å²) >= 11 is 0. The lowest BCUT2D eigenvalue weighted by Gasteiger charge is -2.12. The standard InChI is InChI=1S/C10H15NO3/c1-13-9-4-3-7(8(11)6-12)5-10(9)14-2/h3-5,8,12H,6,11H2,1-2H3/t8-/m0/s1. The lowest BCUT2D eigenvalue weighted by atomic mass is 10.1. The van der Waals surface area contributed by atoms with E-state index in [0.29, 0.717) is 11.5 Å². The highest BCUT2D eigenvalue weighted by Crippen LogP contribution is 2.29. The first-order valence-corrected chi connectivity index (χ1v) is 4.31. The van der Waals surface area contributed by atoms with Crippen LogP contribution in [0.2, 0.25) is 0 Å². The molecule has 0 radical (unpaired) electrons. The zero-order chi connectivity index (χ0) is 10.6. The van der Waals surface area contributed by atoms with E-state index in [1.165, 1.54) is 0 Å². The van der Waals surface area contributed by atoms with Gasteiger partial charge in [-0.05, 0) is 17.7 Å². The first-order valence-electron chi connectivity index (χ1n) is 4.31. The molecule has 0 aliphatic heterocycles. The average Bonchev–Trinajstić information content (AvgIpc) is 2.26. The number of aliphatic hydroxyl groups is 1. The molecule has 14 heavy (non-hydrogen) atoms. The van der Waals surface area contributed by atoms with E-state index < -0.39 is 0 Å². The molecule has 0 fully saturated rings. The fraction of sp³-hybridized carbons (Fsp3) is 0.400. The van der Waals surface area contributed by atoms with E-state index in [9.17, 15) is 0 Å². The zero-order valence-electron chi connectivity index (χ0n) is 8.36. The van der Waals surface area contributed by atoms with Gasteiger partial charge in [0.1, 0.15) is 0 Å². The summed E-state index contributed by atoms with van der Waals surface area (Å²) in [4.78, 5) is 0. The number of hydrogen-bond acceptors (Lipinski definition) is 4. The minimum atomic E-state index is -0.380. The molecule has 1 rings (SSSR count). The molecule has 0 aliphatic rings. The molecule has 4 heteroatoms. The molecule has 4 nitrogen and oxygen atoms in total. The van der Waals surface area contributed by atoms with Gasteiger partial charge in [0.25, 0.3) is 0 Å². The van der Waals surface area contributed by atoms with E-state index in [-0.39, 0.29) is 12.6 Å². The van der Waals surface area contributed by atoms with Gasteiger partial charge in [-0.15, -0.1) is 0 Å². The molecule has 0 unspecified atom stereocenters. The molecule has 1 aromatic rings. The van der Waals surface area contributed by atoms with Crippen LogP contribution in [0.4, 0.5) is 0 Å². The lowest BCUT2D eigenvalue weighted by Crippen LogP contribution is -2.14. The van der Waals surface area contributed by atoms with Gasteiger partial charge in [-0.1, -0.05) is 6.07 Å².